The predicted molar refractivity (Wildman–Crippen MR) is 193 cm³/mol. The van der Waals surface area contributed by atoms with Gasteiger partial charge in [0.05, 0.1) is 50.9 Å². The summed E-state index contributed by atoms with van der Waals surface area (Å²) >= 11 is 24.5. The molecule has 6 N–H and O–H groups in total. The highest BCUT2D eigenvalue weighted by Crippen LogP contribution is 2.35. The van der Waals surface area contributed by atoms with Gasteiger partial charge in [0.15, 0.2) is 0 Å². The first-order valence-electron chi connectivity index (χ1n) is 14.5. The van der Waals surface area contributed by atoms with E-state index in [0.717, 1.165) is 11.3 Å². The quantitative estimate of drug-likeness (QED) is 0.0610. The van der Waals surface area contributed by atoms with Gasteiger partial charge in [-0.3, -0.25) is 9.59 Å². The van der Waals surface area contributed by atoms with E-state index in [9.17, 15) is 9.59 Å². The van der Waals surface area contributed by atoms with Crippen molar-refractivity contribution >= 4 is 81.1 Å². The minimum Gasteiger partial charge on any atom is -0.481 e. The molecule has 0 bridgehead atoms. The number of carboxylic acid groups (broad SMARTS) is 1. The van der Waals surface area contributed by atoms with Crippen molar-refractivity contribution in [3.63, 3.8) is 0 Å². The standard InChI is InChI=1S/C17H18Cl2N2O2.C14H11Cl2NO2.C3H9NO/c1-20-9-10-23-16(22)11-12-5-2-3-8-15(12)21-17-13(18)6-4-7-14(17)19;15-10-5-3-6-11(16)14(10)17-12-7-2-1-4-9(12)8-13(18)19;1-4-2-3-5/h2-8,20-21H,9-11H2,1H3;1-7,17H,8H2,(H,18,19);4-5H,2-3H2,1H3. The maximum Gasteiger partial charge on any atom is 0.310 e. The Balaban J connectivity index is 0.000000290. The van der Waals surface area contributed by atoms with E-state index in [4.69, 9.17) is 61.4 Å². The molecule has 9 nitrogen and oxygen atoms in total. The lowest BCUT2D eigenvalue weighted by Crippen LogP contribution is -2.18. The van der Waals surface area contributed by atoms with Crippen molar-refractivity contribution in [2.24, 2.45) is 0 Å². The molecular weight excluding hydrogens is 686 g/mol. The number of anilines is 4. The van der Waals surface area contributed by atoms with Crippen molar-refractivity contribution in [3.8, 4) is 0 Å². The summed E-state index contributed by atoms with van der Waals surface area (Å²) in [6, 6.07) is 25.1. The number of likely N-dealkylation sites (N-methyl/N-ethyl adjacent to an activating group) is 2. The molecule has 0 aromatic heterocycles. The van der Waals surface area contributed by atoms with Crippen LogP contribution in [0.3, 0.4) is 0 Å². The van der Waals surface area contributed by atoms with Crippen molar-refractivity contribution in [1.29, 1.82) is 0 Å². The van der Waals surface area contributed by atoms with Crippen LogP contribution in [0.15, 0.2) is 84.9 Å². The van der Waals surface area contributed by atoms with Gasteiger partial charge in [0, 0.05) is 24.5 Å². The van der Waals surface area contributed by atoms with Crippen molar-refractivity contribution in [1.82, 2.24) is 10.6 Å². The van der Waals surface area contributed by atoms with Crippen molar-refractivity contribution < 1.29 is 24.5 Å². The van der Waals surface area contributed by atoms with Crippen LogP contribution in [-0.2, 0) is 27.2 Å². The summed E-state index contributed by atoms with van der Waals surface area (Å²) in [6.07, 6.45) is 0.111. The average Bonchev–Trinajstić information content (AvgIpc) is 3.03. The van der Waals surface area contributed by atoms with Crippen LogP contribution in [-0.4, -0.2) is 62.6 Å². The second-order valence-electron chi connectivity index (χ2n) is 9.66. The first-order chi connectivity index (χ1) is 22.6. The molecule has 0 aliphatic rings. The molecule has 4 rings (SSSR count). The molecule has 0 saturated carbocycles. The van der Waals surface area contributed by atoms with Crippen LogP contribution in [0.25, 0.3) is 0 Å². The molecule has 0 aliphatic heterocycles. The summed E-state index contributed by atoms with van der Waals surface area (Å²) in [5.41, 5.74) is 4.13. The van der Waals surface area contributed by atoms with Gasteiger partial charge in [-0.15, -0.1) is 0 Å². The number of ether oxygens (including phenoxy) is 1. The molecule has 4 aromatic carbocycles. The number of halogens is 4. The third kappa shape index (κ3) is 14.4. The molecule has 0 radical (unpaired) electrons. The van der Waals surface area contributed by atoms with Crippen LogP contribution in [0.5, 0.6) is 0 Å². The van der Waals surface area contributed by atoms with Gasteiger partial charge in [0.2, 0.25) is 0 Å². The number of esters is 1. The van der Waals surface area contributed by atoms with E-state index in [1.165, 1.54) is 0 Å². The summed E-state index contributed by atoms with van der Waals surface area (Å²) in [6.45, 7) is 1.90. The minimum absolute atomic E-state index is 0.0642. The average molecular weight is 725 g/mol. The molecule has 0 saturated heterocycles. The summed E-state index contributed by atoms with van der Waals surface area (Å²) in [7, 11) is 3.61. The number of rotatable bonds is 13. The van der Waals surface area contributed by atoms with E-state index >= 15 is 0 Å². The first-order valence-corrected chi connectivity index (χ1v) is 16.0. The molecule has 252 valence electrons. The lowest BCUT2D eigenvalue weighted by molar-refractivity contribution is -0.142. The number of aliphatic hydroxyl groups excluding tert-OH is 1. The van der Waals surface area contributed by atoms with E-state index in [0.29, 0.717) is 62.4 Å². The number of benzene rings is 4. The third-order valence-corrected chi connectivity index (χ3v) is 7.39. The molecule has 0 spiro atoms. The molecule has 0 unspecified atom stereocenters. The Bertz CT molecular complexity index is 1530. The molecule has 0 heterocycles. The Morgan fingerprint density at radius 3 is 1.45 bits per heavy atom. The van der Waals surface area contributed by atoms with Crippen LogP contribution in [0.2, 0.25) is 20.1 Å². The highest BCUT2D eigenvalue weighted by atomic mass is 35.5. The Hall–Kier alpha value is -3.54. The van der Waals surface area contributed by atoms with Crippen molar-refractivity contribution in [2.45, 2.75) is 12.8 Å². The van der Waals surface area contributed by atoms with Gasteiger partial charge in [0.1, 0.15) is 6.61 Å². The topological polar surface area (TPSA) is 132 Å². The monoisotopic (exact) mass is 722 g/mol. The summed E-state index contributed by atoms with van der Waals surface area (Å²) in [5.74, 6) is -1.17. The van der Waals surface area contributed by atoms with E-state index in [2.05, 4.69) is 21.3 Å². The van der Waals surface area contributed by atoms with Gasteiger partial charge in [0.25, 0.3) is 0 Å². The maximum atomic E-state index is 11.9. The summed E-state index contributed by atoms with van der Waals surface area (Å²) in [4.78, 5) is 22.7. The second kappa shape index (κ2) is 22.1. The number of hydrogen-bond donors (Lipinski definition) is 6. The van der Waals surface area contributed by atoms with Gasteiger partial charge >= 0.3 is 11.9 Å². The highest BCUT2D eigenvalue weighted by molar-refractivity contribution is 6.39. The summed E-state index contributed by atoms with van der Waals surface area (Å²) < 4.78 is 5.16. The van der Waals surface area contributed by atoms with E-state index < -0.39 is 5.97 Å². The van der Waals surface area contributed by atoms with Crippen LogP contribution >= 0.6 is 46.4 Å². The molecular formula is C34H38Cl4N4O5. The van der Waals surface area contributed by atoms with E-state index in [1.807, 2.05) is 30.3 Å². The number of aliphatic carboxylic acids is 1. The maximum absolute atomic E-state index is 11.9. The van der Waals surface area contributed by atoms with Gasteiger partial charge in [-0.25, -0.2) is 0 Å². The van der Waals surface area contributed by atoms with Crippen molar-refractivity contribution in [2.75, 3.05) is 51.0 Å². The van der Waals surface area contributed by atoms with Crippen LogP contribution < -0.4 is 21.3 Å². The fourth-order valence-corrected chi connectivity index (χ4v) is 4.83. The van der Waals surface area contributed by atoms with E-state index in [-0.39, 0.29) is 25.4 Å². The molecule has 0 atom stereocenters. The number of nitrogens with one attached hydrogen (secondary N) is 4. The Kier molecular flexibility index (Phi) is 18.6. The number of hydrogen-bond acceptors (Lipinski definition) is 8. The van der Waals surface area contributed by atoms with Crippen LogP contribution in [0, 0.1) is 0 Å². The zero-order chi connectivity index (χ0) is 34.6. The minimum atomic E-state index is -0.889. The van der Waals surface area contributed by atoms with Crippen LogP contribution in [0.4, 0.5) is 22.7 Å². The lowest BCUT2D eigenvalue weighted by Gasteiger charge is -2.14. The molecule has 0 aliphatic carbocycles. The van der Waals surface area contributed by atoms with Gasteiger partial charge in [-0.05, 0) is 61.6 Å². The zero-order valence-corrected chi connectivity index (χ0v) is 29.0. The Morgan fingerprint density at radius 1 is 0.638 bits per heavy atom. The predicted octanol–water partition coefficient (Wildman–Crippen LogP) is 7.60. The first kappa shape index (κ1) is 39.6. The second-order valence-corrected chi connectivity index (χ2v) is 11.3. The molecule has 13 heteroatoms. The Labute approximate surface area is 295 Å². The van der Waals surface area contributed by atoms with E-state index in [1.54, 1.807) is 68.7 Å². The zero-order valence-electron chi connectivity index (χ0n) is 26.0. The molecule has 47 heavy (non-hydrogen) atoms. The van der Waals surface area contributed by atoms with Gasteiger partial charge in [-0.1, -0.05) is 94.9 Å². The number of para-hydroxylation sites is 4. The number of carbonyl (C=O) groups is 2. The molecule has 4 aromatic rings. The fourth-order valence-electron chi connectivity index (χ4n) is 3.84. The normalized spacial score (nSPS) is 10.1. The number of carbonyl (C=O) groups excluding carboxylic acids is 1. The smallest absolute Gasteiger partial charge is 0.310 e. The fraction of sp³-hybridized carbons (Fsp3) is 0.235. The number of aliphatic hydroxyl groups is 1. The lowest BCUT2D eigenvalue weighted by atomic mass is 10.1. The molecule has 0 amide bonds. The van der Waals surface area contributed by atoms with Crippen molar-refractivity contribution in [3.05, 3.63) is 116 Å². The van der Waals surface area contributed by atoms with Gasteiger partial charge in [-0.2, -0.15) is 0 Å². The highest BCUT2D eigenvalue weighted by Gasteiger charge is 2.12. The van der Waals surface area contributed by atoms with Crippen LogP contribution in [0.1, 0.15) is 11.1 Å². The van der Waals surface area contributed by atoms with Gasteiger partial charge < -0.3 is 36.2 Å². The largest absolute Gasteiger partial charge is 0.481 e. The molecule has 0 fully saturated rings. The SMILES string of the molecule is CNCCO.CNCCOC(=O)Cc1ccccc1Nc1c(Cl)cccc1Cl.O=C(O)Cc1ccccc1Nc1c(Cl)cccc1Cl. The third-order valence-electron chi connectivity index (χ3n) is 6.13. The Morgan fingerprint density at radius 2 is 1.06 bits per heavy atom. The number of carboxylic acids is 1. The summed E-state index contributed by atoms with van der Waals surface area (Å²) in [5, 5.41) is 30.9.